The number of rotatable bonds is 6. The van der Waals surface area contributed by atoms with Gasteiger partial charge in [0.2, 0.25) is 5.95 Å². The third kappa shape index (κ3) is 3.74. The van der Waals surface area contributed by atoms with Crippen LogP contribution in [0.5, 0.6) is 0 Å². The molecular formula is C15H17N7O. The Morgan fingerprint density at radius 1 is 1.13 bits per heavy atom. The highest BCUT2D eigenvalue weighted by Crippen LogP contribution is 2.19. The number of nitrogens with zero attached hydrogens (tertiary/aromatic N) is 4. The number of hydrogen-bond donors (Lipinski definition) is 4. The lowest BCUT2D eigenvalue weighted by atomic mass is 10.2. The number of anilines is 4. The summed E-state index contributed by atoms with van der Waals surface area (Å²) in [5.41, 5.74) is 7.59. The van der Waals surface area contributed by atoms with Crippen molar-refractivity contribution in [2.75, 3.05) is 29.5 Å². The molecule has 118 valence electrons. The number of aliphatic hydroxyl groups excluding tert-OH is 1. The van der Waals surface area contributed by atoms with Crippen molar-refractivity contribution in [3.05, 3.63) is 49.1 Å². The predicted octanol–water partition coefficient (Wildman–Crippen LogP) is 1.39. The monoisotopic (exact) mass is 311 g/mol. The summed E-state index contributed by atoms with van der Waals surface area (Å²) in [6.07, 6.45) is 5.36. The first-order valence-electron chi connectivity index (χ1n) is 7.09. The minimum atomic E-state index is 0.0163. The number of imidazole rings is 1. The number of nitrogen functional groups attached to an aromatic ring is 1. The summed E-state index contributed by atoms with van der Waals surface area (Å²) in [7, 11) is 0. The van der Waals surface area contributed by atoms with Crippen molar-refractivity contribution in [2.24, 2.45) is 0 Å². The molecule has 8 heteroatoms. The lowest BCUT2D eigenvalue weighted by Crippen LogP contribution is -2.09. The highest BCUT2D eigenvalue weighted by atomic mass is 16.3. The highest BCUT2D eigenvalue weighted by Gasteiger charge is 2.03. The first-order chi connectivity index (χ1) is 11.2. The van der Waals surface area contributed by atoms with Gasteiger partial charge in [-0.1, -0.05) is 0 Å². The molecule has 0 spiro atoms. The SMILES string of the molecule is Nc1nc(NCCO)cc(Nc2ccc(-n3ccnc3)cc2)n1. The number of hydrogen-bond acceptors (Lipinski definition) is 7. The van der Waals surface area contributed by atoms with Crippen molar-refractivity contribution in [1.82, 2.24) is 19.5 Å². The molecule has 8 nitrogen and oxygen atoms in total. The molecule has 0 amide bonds. The molecule has 0 aliphatic rings. The molecule has 0 atom stereocenters. The number of nitrogens with one attached hydrogen (secondary N) is 2. The molecule has 3 rings (SSSR count). The van der Waals surface area contributed by atoms with Gasteiger partial charge < -0.3 is 26.0 Å². The van der Waals surface area contributed by atoms with Crippen LogP contribution in [0.1, 0.15) is 0 Å². The van der Waals surface area contributed by atoms with E-state index in [4.69, 9.17) is 10.8 Å². The van der Waals surface area contributed by atoms with Gasteiger partial charge in [-0.05, 0) is 24.3 Å². The molecule has 3 aromatic rings. The van der Waals surface area contributed by atoms with Crippen molar-refractivity contribution in [2.45, 2.75) is 0 Å². The Bertz CT molecular complexity index is 756. The normalized spacial score (nSPS) is 10.5. The third-order valence-electron chi connectivity index (χ3n) is 3.10. The molecule has 2 aromatic heterocycles. The summed E-state index contributed by atoms with van der Waals surface area (Å²) >= 11 is 0. The van der Waals surface area contributed by atoms with E-state index < -0.39 is 0 Å². The van der Waals surface area contributed by atoms with Gasteiger partial charge >= 0.3 is 0 Å². The Labute approximate surface area is 133 Å². The topological polar surface area (TPSA) is 114 Å². The van der Waals surface area contributed by atoms with Crippen LogP contribution < -0.4 is 16.4 Å². The summed E-state index contributed by atoms with van der Waals surface area (Å²) in [5.74, 6) is 1.29. The molecule has 5 N–H and O–H groups in total. The summed E-state index contributed by atoms with van der Waals surface area (Å²) in [6, 6.07) is 9.55. The van der Waals surface area contributed by atoms with E-state index in [2.05, 4.69) is 25.6 Å². The lowest BCUT2D eigenvalue weighted by molar-refractivity contribution is 0.311. The summed E-state index contributed by atoms with van der Waals surface area (Å²) < 4.78 is 1.92. The maximum atomic E-state index is 8.85. The fourth-order valence-electron chi connectivity index (χ4n) is 2.08. The van der Waals surface area contributed by atoms with Gasteiger partial charge in [-0.2, -0.15) is 9.97 Å². The average Bonchev–Trinajstić information content (AvgIpc) is 3.07. The molecule has 23 heavy (non-hydrogen) atoms. The fourth-order valence-corrected chi connectivity index (χ4v) is 2.08. The number of aliphatic hydroxyl groups is 1. The van der Waals surface area contributed by atoms with E-state index in [1.54, 1.807) is 18.6 Å². The van der Waals surface area contributed by atoms with E-state index in [-0.39, 0.29) is 12.6 Å². The Morgan fingerprint density at radius 2 is 1.91 bits per heavy atom. The van der Waals surface area contributed by atoms with Crippen LogP contribution in [-0.2, 0) is 0 Å². The molecule has 0 unspecified atom stereocenters. The van der Waals surface area contributed by atoms with Crippen LogP contribution in [0.25, 0.3) is 5.69 Å². The van der Waals surface area contributed by atoms with Crippen LogP contribution >= 0.6 is 0 Å². The molecule has 0 fully saturated rings. The zero-order valence-electron chi connectivity index (χ0n) is 12.3. The van der Waals surface area contributed by atoms with Gasteiger partial charge in [-0.15, -0.1) is 0 Å². The van der Waals surface area contributed by atoms with Crippen LogP contribution in [0.2, 0.25) is 0 Å². The first-order valence-corrected chi connectivity index (χ1v) is 7.09. The quantitative estimate of drug-likeness (QED) is 0.544. The Balaban J connectivity index is 1.75. The first kappa shape index (κ1) is 14.8. The van der Waals surface area contributed by atoms with Crippen LogP contribution in [-0.4, -0.2) is 37.8 Å². The minimum absolute atomic E-state index is 0.0163. The van der Waals surface area contributed by atoms with E-state index in [0.29, 0.717) is 18.2 Å². The van der Waals surface area contributed by atoms with Gasteiger partial charge in [-0.25, -0.2) is 4.98 Å². The molecular weight excluding hydrogens is 294 g/mol. The molecule has 1 aromatic carbocycles. The van der Waals surface area contributed by atoms with Crippen LogP contribution in [0.4, 0.5) is 23.3 Å². The van der Waals surface area contributed by atoms with Gasteiger partial charge in [-0.3, -0.25) is 0 Å². The Hall–Kier alpha value is -3.13. The number of aromatic nitrogens is 4. The van der Waals surface area contributed by atoms with E-state index >= 15 is 0 Å². The minimum Gasteiger partial charge on any atom is -0.395 e. The molecule has 0 aliphatic carbocycles. The standard InChI is InChI=1S/C15H17N7O/c16-15-20-13(18-6-8-23)9-14(21-15)19-11-1-3-12(4-2-11)22-7-5-17-10-22/h1-5,7,9-10,23H,6,8H2,(H4,16,18,19,20,21). The summed E-state index contributed by atoms with van der Waals surface area (Å²) in [4.78, 5) is 12.2. The van der Waals surface area contributed by atoms with Crippen LogP contribution in [0.3, 0.4) is 0 Å². The van der Waals surface area contributed by atoms with E-state index in [9.17, 15) is 0 Å². The molecule has 2 heterocycles. The molecule has 0 bridgehead atoms. The van der Waals surface area contributed by atoms with Crippen LogP contribution in [0.15, 0.2) is 49.1 Å². The predicted molar refractivity (Wildman–Crippen MR) is 88.9 cm³/mol. The molecule has 0 saturated carbocycles. The van der Waals surface area contributed by atoms with Crippen molar-refractivity contribution in [3.8, 4) is 5.69 Å². The maximum Gasteiger partial charge on any atom is 0.223 e. The maximum absolute atomic E-state index is 8.85. The molecule has 0 radical (unpaired) electrons. The fraction of sp³-hybridized carbons (Fsp3) is 0.133. The summed E-state index contributed by atoms with van der Waals surface area (Å²) in [5, 5.41) is 15.0. The largest absolute Gasteiger partial charge is 0.395 e. The average molecular weight is 311 g/mol. The van der Waals surface area contributed by atoms with E-state index in [1.165, 1.54) is 0 Å². The Morgan fingerprint density at radius 3 is 2.61 bits per heavy atom. The highest BCUT2D eigenvalue weighted by molar-refractivity contribution is 5.61. The molecule has 0 saturated heterocycles. The van der Waals surface area contributed by atoms with E-state index in [0.717, 1.165) is 11.4 Å². The van der Waals surface area contributed by atoms with Crippen molar-refractivity contribution < 1.29 is 5.11 Å². The van der Waals surface area contributed by atoms with Crippen LogP contribution in [0, 0.1) is 0 Å². The second-order valence-corrected chi connectivity index (χ2v) is 4.79. The van der Waals surface area contributed by atoms with Gasteiger partial charge in [0.25, 0.3) is 0 Å². The van der Waals surface area contributed by atoms with Crippen molar-refractivity contribution in [1.29, 1.82) is 0 Å². The number of nitrogens with two attached hydrogens (primary N) is 1. The second kappa shape index (κ2) is 6.75. The van der Waals surface area contributed by atoms with Gasteiger partial charge in [0.05, 0.1) is 12.9 Å². The smallest absolute Gasteiger partial charge is 0.223 e. The lowest BCUT2D eigenvalue weighted by Gasteiger charge is -2.10. The van der Waals surface area contributed by atoms with E-state index in [1.807, 2.05) is 35.0 Å². The van der Waals surface area contributed by atoms with Gasteiger partial charge in [0.1, 0.15) is 11.6 Å². The number of benzene rings is 1. The van der Waals surface area contributed by atoms with Gasteiger partial charge in [0.15, 0.2) is 0 Å². The van der Waals surface area contributed by atoms with Crippen molar-refractivity contribution in [3.63, 3.8) is 0 Å². The zero-order chi connectivity index (χ0) is 16.1. The third-order valence-corrected chi connectivity index (χ3v) is 3.10. The summed E-state index contributed by atoms with van der Waals surface area (Å²) in [6.45, 7) is 0.415. The zero-order valence-corrected chi connectivity index (χ0v) is 12.3. The molecule has 0 aliphatic heterocycles. The Kier molecular flexibility index (Phi) is 4.34. The van der Waals surface area contributed by atoms with Crippen molar-refractivity contribution >= 4 is 23.3 Å². The van der Waals surface area contributed by atoms with Gasteiger partial charge in [0, 0.05) is 36.4 Å². The second-order valence-electron chi connectivity index (χ2n) is 4.79.